The fourth-order valence-corrected chi connectivity index (χ4v) is 4.60. The molecule has 0 spiro atoms. The first-order valence-corrected chi connectivity index (χ1v) is 11.8. The molecular weight excluding hydrogens is 515 g/mol. The lowest BCUT2D eigenvalue weighted by atomic mass is 10.1. The van der Waals surface area contributed by atoms with Crippen LogP contribution in [0.1, 0.15) is 43.6 Å². The van der Waals surface area contributed by atoms with Crippen LogP contribution < -0.4 is 5.32 Å². The van der Waals surface area contributed by atoms with Gasteiger partial charge in [-0.3, -0.25) is 9.89 Å². The number of hydrogen-bond donors (Lipinski definition) is 1. The lowest BCUT2D eigenvalue weighted by Crippen LogP contribution is -2.41. The van der Waals surface area contributed by atoms with Crippen molar-refractivity contribution < 1.29 is 9.15 Å². The Balaban J connectivity index is 0.00000289. The van der Waals surface area contributed by atoms with Crippen LogP contribution in [0, 0.1) is 5.92 Å². The molecule has 32 heavy (non-hydrogen) atoms. The Morgan fingerprint density at radius 1 is 1.16 bits per heavy atom. The highest BCUT2D eigenvalue weighted by molar-refractivity contribution is 14.0. The van der Waals surface area contributed by atoms with Crippen LogP contribution in [0.2, 0.25) is 0 Å². The molecule has 1 aromatic carbocycles. The van der Waals surface area contributed by atoms with Gasteiger partial charge in [-0.1, -0.05) is 30.3 Å². The molecule has 2 aromatic rings. The molecule has 6 nitrogen and oxygen atoms in total. The fourth-order valence-electron chi connectivity index (χ4n) is 4.60. The Morgan fingerprint density at radius 3 is 2.69 bits per heavy atom. The number of benzene rings is 1. The number of ether oxygens (including phenoxy) is 1. The predicted octanol–water partition coefficient (Wildman–Crippen LogP) is 4.54. The fraction of sp³-hybridized carbons (Fsp3) is 0.560. The van der Waals surface area contributed by atoms with Crippen LogP contribution in [0.25, 0.3) is 0 Å². The van der Waals surface area contributed by atoms with Gasteiger partial charge in [0.05, 0.1) is 32.1 Å². The molecule has 0 bridgehead atoms. The van der Waals surface area contributed by atoms with Crippen molar-refractivity contribution in [1.82, 2.24) is 15.1 Å². The maximum absolute atomic E-state index is 6.00. The van der Waals surface area contributed by atoms with Crippen molar-refractivity contribution in [2.45, 2.75) is 38.8 Å². The number of halogens is 1. The zero-order chi connectivity index (χ0) is 21.3. The molecule has 1 aromatic heterocycles. The monoisotopic (exact) mass is 552 g/mol. The van der Waals surface area contributed by atoms with Crippen molar-refractivity contribution in [2.24, 2.45) is 10.9 Å². The van der Waals surface area contributed by atoms with E-state index in [0.29, 0.717) is 12.5 Å². The Labute approximate surface area is 209 Å². The molecule has 7 heteroatoms. The van der Waals surface area contributed by atoms with Crippen molar-refractivity contribution in [3.8, 4) is 0 Å². The van der Waals surface area contributed by atoms with Crippen molar-refractivity contribution in [1.29, 1.82) is 0 Å². The number of guanidine groups is 1. The summed E-state index contributed by atoms with van der Waals surface area (Å²) >= 11 is 0. The largest absolute Gasteiger partial charge is 0.468 e. The van der Waals surface area contributed by atoms with Gasteiger partial charge >= 0.3 is 0 Å². The molecule has 2 atom stereocenters. The first kappa shape index (κ1) is 25.1. The van der Waals surface area contributed by atoms with E-state index in [9.17, 15) is 0 Å². The molecule has 4 rings (SSSR count). The number of aliphatic imine (C=N–C) groups is 1. The number of rotatable bonds is 9. The second kappa shape index (κ2) is 13.2. The molecule has 2 fully saturated rings. The second-order valence-electron chi connectivity index (χ2n) is 8.57. The SMILES string of the molecule is CCNC(=NCC(c1ccco1)N1CCCC1)N1CCC(COCc2ccccc2)C1.I. The Hall–Kier alpha value is -1.58. The van der Waals surface area contributed by atoms with Crippen LogP contribution >= 0.6 is 24.0 Å². The maximum atomic E-state index is 6.00. The summed E-state index contributed by atoms with van der Waals surface area (Å²) in [5.74, 6) is 2.59. The predicted molar refractivity (Wildman–Crippen MR) is 139 cm³/mol. The van der Waals surface area contributed by atoms with Crippen LogP contribution in [-0.4, -0.2) is 61.6 Å². The number of nitrogens with zero attached hydrogens (tertiary/aromatic N) is 3. The normalized spacial score (nSPS) is 20.3. The van der Waals surface area contributed by atoms with Gasteiger partial charge in [0, 0.05) is 25.6 Å². The van der Waals surface area contributed by atoms with E-state index in [1.165, 1.54) is 18.4 Å². The van der Waals surface area contributed by atoms with Crippen LogP contribution in [0.4, 0.5) is 0 Å². The van der Waals surface area contributed by atoms with Gasteiger partial charge in [-0.2, -0.15) is 0 Å². The van der Waals surface area contributed by atoms with E-state index in [0.717, 1.165) is 64.0 Å². The minimum absolute atomic E-state index is 0. The lowest BCUT2D eigenvalue weighted by Gasteiger charge is -2.26. The molecule has 0 saturated carbocycles. The summed E-state index contributed by atoms with van der Waals surface area (Å²) in [6, 6.07) is 14.7. The highest BCUT2D eigenvalue weighted by Crippen LogP contribution is 2.26. The second-order valence-corrected chi connectivity index (χ2v) is 8.57. The molecule has 0 aliphatic carbocycles. The summed E-state index contributed by atoms with van der Waals surface area (Å²) < 4.78 is 11.8. The van der Waals surface area contributed by atoms with Crippen LogP contribution in [0.15, 0.2) is 58.1 Å². The van der Waals surface area contributed by atoms with Gasteiger partial charge in [0.25, 0.3) is 0 Å². The quantitative estimate of drug-likeness (QED) is 0.281. The zero-order valence-electron chi connectivity index (χ0n) is 19.1. The van der Waals surface area contributed by atoms with Crippen molar-refractivity contribution in [3.63, 3.8) is 0 Å². The van der Waals surface area contributed by atoms with Crippen molar-refractivity contribution in [2.75, 3.05) is 45.9 Å². The summed E-state index contributed by atoms with van der Waals surface area (Å²) in [6.07, 6.45) is 5.44. The third-order valence-corrected chi connectivity index (χ3v) is 6.25. The van der Waals surface area contributed by atoms with Gasteiger partial charge in [-0.25, -0.2) is 0 Å². The number of furan rings is 1. The molecule has 0 radical (unpaired) electrons. The lowest BCUT2D eigenvalue weighted by molar-refractivity contribution is 0.0906. The molecule has 2 aliphatic heterocycles. The van der Waals surface area contributed by atoms with Crippen LogP contribution in [-0.2, 0) is 11.3 Å². The molecular formula is C25H37IN4O2. The van der Waals surface area contributed by atoms with E-state index in [4.69, 9.17) is 14.1 Å². The van der Waals surface area contributed by atoms with Crippen molar-refractivity contribution >= 4 is 29.9 Å². The summed E-state index contributed by atoms with van der Waals surface area (Å²) in [7, 11) is 0. The Morgan fingerprint density at radius 2 is 1.97 bits per heavy atom. The third kappa shape index (κ3) is 6.96. The maximum Gasteiger partial charge on any atom is 0.193 e. The van der Waals surface area contributed by atoms with Gasteiger partial charge < -0.3 is 19.4 Å². The zero-order valence-corrected chi connectivity index (χ0v) is 21.4. The number of nitrogens with one attached hydrogen (secondary N) is 1. The Bertz CT molecular complexity index is 794. The van der Waals surface area contributed by atoms with Crippen molar-refractivity contribution in [3.05, 3.63) is 60.1 Å². The van der Waals surface area contributed by atoms with E-state index in [-0.39, 0.29) is 30.0 Å². The van der Waals surface area contributed by atoms with Gasteiger partial charge in [0.15, 0.2) is 5.96 Å². The van der Waals surface area contributed by atoms with Gasteiger partial charge in [-0.05, 0) is 57.0 Å². The van der Waals surface area contributed by atoms with Gasteiger partial charge in [-0.15, -0.1) is 24.0 Å². The van der Waals surface area contributed by atoms with Gasteiger partial charge in [0.2, 0.25) is 0 Å². The Kier molecular flexibility index (Phi) is 10.3. The first-order chi connectivity index (χ1) is 15.3. The molecule has 3 heterocycles. The number of likely N-dealkylation sites (tertiary alicyclic amines) is 2. The minimum Gasteiger partial charge on any atom is -0.468 e. The molecule has 2 unspecified atom stereocenters. The highest BCUT2D eigenvalue weighted by Gasteiger charge is 2.28. The van der Waals surface area contributed by atoms with E-state index in [1.807, 2.05) is 12.1 Å². The molecule has 0 amide bonds. The topological polar surface area (TPSA) is 53.2 Å². The summed E-state index contributed by atoms with van der Waals surface area (Å²) in [5, 5.41) is 3.50. The average Bonchev–Trinajstić information content (AvgIpc) is 3.57. The van der Waals surface area contributed by atoms with E-state index < -0.39 is 0 Å². The number of hydrogen-bond acceptors (Lipinski definition) is 4. The smallest absolute Gasteiger partial charge is 0.193 e. The third-order valence-electron chi connectivity index (χ3n) is 6.25. The molecule has 176 valence electrons. The minimum atomic E-state index is 0. The van der Waals surface area contributed by atoms with Gasteiger partial charge in [0.1, 0.15) is 5.76 Å². The summed E-state index contributed by atoms with van der Waals surface area (Å²) in [6.45, 7) is 9.50. The van der Waals surface area contributed by atoms with E-state index >= 15 is 0 Å². The average molecular weight is 553 g/mol. The summed E-state index contributed by atoms with van der Waals surface area (Å²) in [4.78, 5) is 9.95. The standard InChI is InChI=1S/C25H36N4O2.HI/c1-2-26-25(27-17-23(24-11-8-16-31-24)28-13-6-7-14-28)29-15-12-22(18-29)20-30-19-21-9-4-3-5-10-21;/h3-5,8-11,16,22-23H,2,6-7,12-15,17-20H2,1H3,(H,26,27);1H. The van der Waals surface area contributed by atoms with Crippen LogP contribution in [0.5, 0.6) is 0 Å². The summed E-state index contributed by atoms with van der Waals surface area (Å²) in [5.41, 5.74) is 1.23. The van der Waals surface area contributed by atoms with Crippen LogP contribution in [0.3, 0.4) is 0 Å². The highest BCUT2D eigenvalue weighted by atomic mass is 127. The molecule has 1 N–H and O–H groups in total. The molecule has 2 saturated heterocycles. The first-order valence-electron chi connectivity index (χ1n) is 11.8. The molecule has 2 aliphatic rings. The van der Waals surface area contributed by atoms with E-state index in [2.05, 4.69) is 52.4 Å². The van der Waals surface area contributed by atoms with E-state index in [1.54, 1.807) is 6.26 Å².